The van der Waals surface area contributed by atoms with Gasteiger partial charge in [0.25, 0.3) is 0 Å². The summed E-state index contributed by atoms with van der Waals surface area (Å²) in [4.78, 5) is 6.39. The number of aliphatic imine (C=N–C) groups is 1. The number of benzene rings is 1. The normalized spacial score (nSPS) is 15.5. The Kier molecular flexibility index (Phi) is 3.41. The molecule has 0 aliphatic carbocycles. The first-order chi connectivity index (χ1) is 7.75. The molecule has 2 rings (SSSR count). The molecule has 4 N–H and O–H groups in total. The molecule has 4 nitrogen and oxygen atoms in total. The maximum atomic E-state index is 5.29. The van der Waals surface area contributed by atoms with Gasteiger partial charge in [-0.05, 0) is 17.5 Å². The molecule has 0 radical (unpaired) electrons. The van der Waals surface area contributed by atoms with Crippen LogP contribution >= 0.6 is 0 Å². The Morgan fingerprint density at radius 1 is 1.25 bits per heavy atom. The van der Waals surface area contributed by atoms with Gasteiger partial charge in [0, 0.05) is 19.6 Å². The molecule has 1 heterocycles. The van der Waals surface area contributed by atoms with Crippen LogP contribution in [0, 0.1) is 0 Å². The average Bonchev–Trinajstić information content (AvgIpc) is 2.28. The summed E-state index contributed by atoms with van der Waals surface area (Å²) >= 11 is 0. The van der Waals surface area contributed by atoms with E-state index in [-0.39, 0.29) is 5.96 Å². The van der Waals surface area contributed by atoms with E-state index < -0.39 is 0 Å². The Hall–Kier alpha value is -1.55. The van der Waals surface area contributed by atoms with Crippen molar-refractivity contribution in [2.24, 2.45) is 16.5 Å². The predicted octanol–water partition coefficient (Wildman–Crippen LogP) is 0.318. The summed E-state index contributed by atoms with van der Waals surface area (Å²) in [5, 5.41) is 0. The van der Waals surface area contributed by atoms with E-state index in [1.165, 1.54) is 11.1 Å². The predicted molar refractivity (Wildman–Crippen MR) is 66.1 cm³/mol. The number of hydrogen-bond acceptors (Lipinski definition) is 2. The standard InChI is InChI=1S/C12H18N4/c13-12(14)15-6-8-16-7-5-10-3-1-2-4-11(10)9-16/h1-4H,5-9H2,(H4,13,14,15). The third kappa shape index (κ3) is 2.73. The molecule has 1 aliphatic rings. The van der Waals surface area contributed by atoms with Crippen LogP contribution in [0.4, 0.5) is 0 Å². The van der Waals surface area contributed by atoms with Crippen molar-refractivity contribution in [1.29, 1.82) is 0 Å². The summed E-state index contributed by atoms with van der Waals surface area (Å²) in [6.07, 6.45) is 1.12. The average molecular weight is 218 g/mol. The molecule has 86 valence electrons. The Bertz CT molecular complexity index is 382. The summed E-state index contributed by atoms with van der Waals surface area (Å²) in [6.45, 7) is 3.71. The van der Waals surface area contributed by atoms with Crippen molar-refractivity contribution in [3.63, 3.8) is 0 Å². The van der Waals surface area contributed by atoms with Gasteiger partial charge in [-0.25, -0.2) is 0 Å². The lowest BCUT2D eigenvalue weighted by atomic mass is 10.0. The largest absolute Gasteiger partial charge is 0.370 e. The fourth-order valence-electron chi connectivity index (χ4n) is 2.07. The van der Waals surface area contributed by atoms with Crippen LogP contribution in [0.15, 0.2) is 29.3 Å². The lowest BCUT2D eigenvalue weighted by Crippen LogP contribution is -2.33. The van der Waals surface area contributed by atoms with E-state index in [1.807, 2.05) is 0 Å². The first-order valence-corrected chi connectivity index (χ1v) is 5.60. The van der Waals surface area contributed by atoms with Gasteiger partial charge < -0.3 is 11.5 Å². The van der Waals surface area contributed by atoms with Gasteiger partial charge >= 0.3 is 0 Å². The van der Waals surface area contributed by atoms with Crippen LogP contribution in [-0.4, -0.2) is 30.5 Å². The van der Waals surface area contributed by atoms with Crippen molar-refractivity contribution >= 4 is 5.96 Å². The molecule has 0 amide bonds. The van der Waals surface area contributed by atoms with Crippen LogP contribution < -0.4 is 11.5 Å². The second kappa shape index (κ2) is 4.99. The summed E-state index contributed by atoms with van der Waals surface area (Å²) in [6, 6.07) is 8.61. The van der Waals surface area contributed by atoms with Gasteiger partial charge in [0.1, 0.15) is 0 Å². The molecular weight excluding hydrogens is 200 g/mol. The minimum Gasteiger partial charge on any atom is -0.370 e. The highest BCUT2D eigenvalue weighted by atomic mass is 15.1. The summed E-state index contributed by atoms with van der Waals surface area (Å²) in [5.74, 6) is 0.178. The van der Waals surface area contributed by atoms with Crippen LogP contribution in [-0.2, 0) is 13.0 Å². The van der Waals surface area contributed by atoms with E-state index in [4.69, 9.17) is 11.5 Å². The molecule has 0 saturated heterocycles. The first kappa shape index (κ1) is 11.0. The van der Waals surface area contributed by atoms with Crippen LogP contribution in [0.1, 0.15) is 11.1 Å². The quantitative estimate of drug-likeness (QED) is 0.567. The fraction of sp³-hybridized carbons (Fsp3) is 0.417. The molecule has 0 bridgehead atoms. The van der Waals surface area contributed by atoms with E-state index >= 15 is 0 Å². The zero-order valence-electron chi connectivity index (χ0n) is 9.39. The van der Waals surface area contributed by atoms with Crippen molar-refractivity contribution in [3.05, 3.63) is 35.4 Å². The molecule has 0 atom stereocenters. The van der Waals surface area contributed by atoms with Gasteiger partial charge in [-0.2, -0.15) is 0 Å². The van der Waals surface area contributed by atoms with Crippen molar-refractivity contribution in [2.45, 2.75) is 13.0 Å². The zero-order valence-corrected chi connectivity index (χ0v) is 9.39. The van der Waals surface area contributed by atoms with Crippen LogP contribution in [0.5, 0.6) is 0 Å². The van der Waals surface area contributed by atoms with E-state index in [0.717, 1.165) is 26.1 Å². The molecular formula is C12H18N4. The molecule has 0 fully saturated rings. The smallest absolute Gasteiger partial charge is 0.185 e. The van der Waals surface area contributed by atoms with Crippen LogP contribution in [0.3, 0.4) is 0 Å². The number of rotatable bonds is 3. The Labute approximate surface area is 96.0 Å². The molecule has 1 aromatic carbocycles. The molecule has 0 saturated carbocycles. The summed E-state index contributed by atoms with van der Waals surface area (Å²) in [7, 11) is 0. The van der Waals surface area contributed by atoms with E-state index in [2.05, 4.69) is 34.2 Å². The fourth-order valence-corrected chi connectivity index (χ4v) is 2.07. The Balaban J connectivity index is 1.90. The summed E-state index contributed by atoms with van der Waals surface area (Å²) in [5.41, 5.74) is 13.5. The third-order valence-corrected chi connectivity index (χ3v) is 2.92. The topological polar surface area (TPSA) is 67.6 Å². The Morgan fingerprint density at radius 2 is 2.00 bits per heavy atom. The molecule has 1 aromatic rings. The molecule has 0 aromatic heterocycles. The summed E-state index contributed by atoms with van der Waals surface area (Å²) < 4.78 is 0. The van der Waals surface area contributed by atoms with Crippen molar-refractivity contribution in [1.82, 2.24) is 4.90 Å². The number of nitrogens with zero attached hydrogens (tertiary/aromatic N) is 2. The first-order valence-electron chi connectivity index (χ1n) is 5.60. The second-order valence-corrected chi connectivity index (χ2v) is 4.10. The minimum absolute atomic E-state index is 0.178. The van der Waals surface area contributed by atoms with Gasteiger partial charge in [0.15, 0.2) is 5.96 Å². The lowest BCUT2D eigenvalue weighted by molar-refractivity contribution is 0.262. The van der Waals surface area contributed by atoms with Crippen molar-refractivity contribution in [2.75, 3.05) is 19.6 Å². The number of hydrogen-bond donors (Lipinski definition) is 2. The lowest BCUT2D eigenvalue weighted by Gasteiger charge is -2.28. The number of nitrogens with two attached hydrogens (primary N) is 2. The third-order valence-electron chi connectivity index (χ3n) is 2.92. The van der Waals surface area contributed by atoms with Gasteiger partial charge in [-0.15, -0.1) is 0 Å². The van der Waals surface area contributed by atoms with Gasteiger partial charge in [0.2, 0.25) is 0 Å². The monoisotopic (exact) mass is 218 g/mol. The van der Waals surface area contributed by atoms with E-state index in [0.29, 0.717) is 6.54 Å². The highest BCUT2D eigenvalue weighted by Crippen LogP contribution is 2.17. The number of fused-ring (bicyclic) bond motifs is 1. The second-order valence-electron chi connectivity index (χ2n) is 4.10. The molecule has 4 heteroatoms. The maximum absolute atomic E-state index is 5.29. The highest BCUT2D eigenvalue weighted by molar-refractivity contribution is 5.75. The van der Waals surface area contributed by atoms with Gasteiger partial charge in [0.05, 0.1) is 6.54 Å². The maximum Gasteiger partial charge on any atom is 0.185 e. The highest BCUT2D eigenvalue weighted by Gasteiger charge is 2.14. The van der Waals surface area contributed by atoms with Crippen molar-refractivity contribution in [3.8, 4) is 0 Å². The SMILES string of the molecule is NC(N)=NCCN1CCc2ccccc2C1. The molecule has 0 spiro atoms. The van der Waals surface area contributed by atoms with Gasteiger partial charge in [-0.1, -0.05) is 24.3 Å². The molecule has 1 aliphatic heterocycles. The van der Waals surface area contributed by atoms with Crippen LogP contribution in [0.25, 0.3) is 0 Å². The zero-order chi connectivity index (χ0) is 11.4. The van der Waals surface area contributed by atoms with E-state index in [1.54, 1.807) is 0 Å². The van der Waals surface area contributed by atoms with Gasteiger partial charge in [-0.3, -0.25) is 9.89 Å². The van der Waals surface area contributed by atoms with Crippen LogP contribution in [0.2, 0.25) is 0 Å². The van der Waals surface area contributed by atoms with Crippen molar-refractivity contribution < 1.29 is 0 Å². The Morgan fingerprint density at radius 3 is 2.75 bits per heavy atom. The number of guanidine groups is 1. The molecule has 16 heavy (non-hydrogen) atoms. The van der Waals surface area contributed by atoms with E-state index in [9.17, 15) is 0 Å². The molecule has 0 unspecified atom stereocenters. The minimum atomic E-state index is 0.178.